The van der Waals surface area contributed by atoms with Gasteiger partial charge in [-0.3, -0.25) is 4.79 Å². The molecule has 0 radical (unpaired) electrons. The summed E-state index contributed by atoms with van der Waals surface area (Å²) in [6.45, 7) is 4.61. The van der Waals surface area contributed by atoms with Crippen LogP contribution in [-0.4, -0.2) is 5.78 Å². The van der Waals surface area contributed by atoms with Crippen LogP contribution in [0.1, 0.15) is 49.9 Å². The number of benzene rings is 1. The van der Waals surface area contributed by atoms with Gasteiger partial charge in [-0.25, -0.2) is 0 Å². The van der Waals surface area contributed by atoms with Crippen LogP contribution < -0.4 is 0 Å². The Morgan fingerprint density at radius 3 is 2.60 bits per heavy atom. The molecule has 0 spiro atoms. The van der Waals surface area contributed by atoms with Gasteiger partial charge in [-0.05, 0) is 60.4 Å². The van der Waals surface area contributed by atoms with E-state index in [0.717, 1.165) is 30.2 Å². The van der Waals surface area contributed by atoms with Gasteiger partial charge in [0.2, 0.25) is 0 Å². The maximum Gasteiger partial charge on any atom is 0.167 e. The molecule has 1 aliphatic carbocycles. The van der Waals surface area contributed by atoms with Gasteiger partial charge < -0.3 is 0 Å². The largest absolute Gasteiger partial charge is 0.294 e. The lowest BCUT2D eigenvalue weighted by Crippen LogP contribution is -2.24. The van der Waals surface area contributed by atoms with Crippen LogP contribution >= 0.6 is 11.3 Å². The lowest BCUT2D eigenvalue weighted by atomic mass is 9.75. The Morgan fingerprint density at radius 1 is 1.15 bits per heavy atom. The van der Waals surface area contributed by atoms with Crippen molar-refractivity contribution < 1.29 is 4.79 Å². The van der Waals surface area contributed by atoms with Crippen LogP contribution in [0.15, 0.2) is 29.6 Å². The van der Waals surface area contributed by atoms with Crippen molar-refractivity contribution >= 4 is 27.2 Å². The van der Waals surface area contributed by atoms with Crippen molar-refractivity contribution in [2.45, 2.75) is 39.5 Å². The van der Waals surface area contributed by atoms with Crippen molar-refractivity contribution in [2.24, 2.45) is 17.8 Å². The Hall–Kier alpha value is -1.15. The molecule has 1 fully saturated rings. The van der Waals surface area contributed by atoms with Gasteiger partial charge in [-0.1, -0.05) is 26.0 Å². The fourth-order valence-electron chi connectivity index (χ4n) is 3.46. The second kappa shape index (κ2) is 5.69. The standard InChI is InChI=1S/C18H22OS/c1-12(2)13-6-8-14(9-7-13)17(19)16-5-3-4-15-10-11-20-18(15)16/h3-5,10-14H,6-9H2,1-2H3. The smallest absolute Gasteiger partial charge is 0.167 e. The first kappa shape index (κ1) is 13.8. The second-order valence-corrected chi connectivity index (χ2v) is 7.28. The molecule has 0 atom stereocenters. The number of carbonyl (C=O) groups excluding carboxylic acids is 1. The van der Waals surface area contributed by atoms with Crippen molar-refractivity contribution in [2.75, 3.05) is 0 Å². The van der Waals surface area contributed by atoms with E-state index in [1.165, 1.54) is 22.9 Å². The van der Waals surface area contributed by atoms with Gasteiger partial charge in [-0.2, -0.15) is 0 Å². The monoisotopic (exact) mass is 286 g/mol. The third kappa shape index (κ3) is 2.54. The minimum Gasteiger partial charge on any atom is -0.294 e. The average Bonchev–Trinajstić information content (AvgIpc) is 2.95. The highest BCUT2D eigenvalue weighted by atomic mass is 32.1. The van der Waals surface area contributed by atoms with Gasteiger partial charge in [0.25, 0.3) is 0 Å². The van der Waals surface area contributed by atoms with E-state index < -0.39 is 0 Å². The van der Waals surface area contributed by atoms with Crippen LogP contribution in [0.3, 0.4) is 0 Å². The van der Waals surface area contributed by atoms with E-state index in [4.69, 9.17) is 0 Å². The van der Waals surface area contributed by atoms with Crippen LogP contribution in [0.2, 0.25) is 0 Å². The molecule has 0 amide bonds. The second-order valence-electron chi connectivity index (χ2n) is 6.36. The molecule has 0 N–H and O–H groups in total. The summed E-state index contributed by atoms with van der Waals surface area (Å²) in [4.78, 5) is 12.8. The van der Waals surface area contributed by atoms with E-state index in [1.807, 2.05) is 12.1 Å². The topological polar surface area (TPSA) is 17.1 Å². The molecule has 3 rings (SSSR count). The highest BCUT2D eigenvalue weighted by Crippen LogP contribution is 2.36. The highest BCUT2D eigenvalue weighted by Gasteiger charge is 2.29. The molecule has 2 heteroatoms. The van der Waals surface area contributed by atoms with Crippen LogP contribution in [0.25, 0.3) is 10.1 Å². The van der Waals surface area contributed by atoms with Crippen molar-refractivity contribution in [3.05, 3.63) is 35.2 Å². The van der Waals surface area contributed by atoms with E-state index in [2.05, 4.69) is 31.4 Å². The van der Waals surface area contributed by atoms with Gasteiger partial charge in [0.05, 0.1) is 0 Å². The molecule has 1 nitrogen and oxygen atoms in total. The van der Waals surface area contributed by atoms with Gasteiger partial charge in [0, 0.05) is 16.2 Å². The zero-order chi connectivity index (χ0) is 14.1. The third-order valence-electron chi connectivity index (χ3n) is 4.83. The molecule has 106 valence electrons. The molecule has 0 bridgehead atoms. The number of thiophene rings is 1. The molecule has 1 aromatic carbocycles. The molecule has 0 saturated heterocycles. The minimum absolute atomic E-state index is 0.248. The van der Waals surface area contributed by atoms with E-state index >= 15 is 0 Å². The molecule has 1 saturated carbocycles. The number of rotatable bonds is 3. The Kier molecular flexibility index (Phi) is 3.93. The highest BCUT2D eigenvalue weighted by molar-refractivity contribution is 7.17. The predicted molar refractivity (Wildman–Crippen MR) is 86.4 cm³/mol. The molecular formula is C18H22OS. The van der Waals surface area contributed by atoms with E-state index in [1.54, 1.807) is 11.3 Å². The van der Waals surface area contributed by atoms with E-state index in [-0.39, 0.29) is 5.92 Å². The van der Waals surface area contributed by atoms with Crippen LogP contribution in [0.4, 0.5) is 0 Å². The van der Waals surface area contributed by atoms with Crippen LogP contribution in [-0.2, 0) is 0 Å². The third-order valence-corrected chi connectivity index (χ3v) is 5.79. The Morgan fingerprint density at radius 2 is 1.90 bits per heavy atom. The molecule has 0 unspecified atom stereocenters. The lowest BCUT2D eigenvalue weighted by Gasteiger charge is -2.30. The first-order valence-corrected chi connectivity index (χ1v) is 8.55. The summed E-state index contributed by atoms with van der Waals surface area (Å²) in [5, 5.41) is 3.29. The zero-order valence-electron chi connectivity index (χ0n) is 12.3. The number of ketones is 1. The van der Waals surface area contributed by atoms with Crippen LogP contribution in [0.5, 0.6) is 0 Å². The van der Waals surface area contributed by atoms with Gasteiger partial charge >= 0.3 is 0 Å². The first-order chi connectivity index (χ1) is 9.66. The number of Topliss-reactive ketones (excluding diaryl/α,β-unsaturated/α-hetero) is 1. The number of hydrogen-bond acceptors (Lipinski definition) is 2. The summed E-state index contributed by atoms with van der Waals surface area (Å²) in [5.74, 6) is 2.20. The zero-order valence-corrected chi connectivity index (χ0v) is 13.1. The maximum absolute atomic E-state index is 12.8. The predicted octanol–water partition coefficient (Wildman–Crippen LogP) is 5.55. The summed E-state index contributed by atoms with van der Waals surface area (Å²) >= 11 is 1.69. The maximum atomic E-state index is 12.8. The van der Waals surface area contributed by atoms with Crippen molar-refractivity contribution in [3.63, 3.8) is 0 Å². The minimum atomic E-state index is 0.248. The fraction of sp³-hybridized carbons (Fsp3) is 0.500. The number of fused-ring (bicyclic) bond motifs is 1. The summed E-state index contributed by atoms with van der Waals surface area (Å²) in [7, 11) is 0. The Labute approximate surface area is 125 Å². The molecule has 2 aromatic rings. The van der Waals surface area contributed by atoms with Gasteiger partial charge in [-0.15, -0.1) is 11.3 Å². The summed E-state index contributed by atoms with van der Waals surface area (Å²) in [6, 6.07) is 8.22. The lowest BCUT2D eigenvalue weighted by molar-refractivity contribution is 0.0861. The molecule has 1 aliphatic rings. The SMILES string of the molecule is CC(C)C1CCC(C(=O)c2cccc3ccsc23)CC1. The fourth-order valence-corrected chi connectivity index (χ4v) is 4.37. The first-order valence-electron chi connectivity index (χ1n) is 7.67. The van der Waals surface area contributed by atoms with Crippen molar-refractivity contribution in [3.8, 4) is 0 Å². The molecular weight excluding hydrogens is 264 g/mol. The van der Waals surface area contributed by atoms with Gasteiger partial charge in [0.1, 0.15) is 0 Å². The van der Waals surface area contributed by atoms with Crippen LogP contribution in [0, 0.1) is 17.8 Å². The average molecular weight is 286 g/mol. The quantitative estimate of drug-likeness (QED) is 0.676. The van der Waals surface area contributed by atoms with Gasteiger partial charge in [0.15, 0.2) is 5.78 Å². The Balaban J connectivity index is 1.78. The van der Waals surface area contributed by atoms with Crippen molar-refractivity contribution in [1.82, 2.24) is 0 Å². The number of hydrogen-bond donors (Lipinski definition) is 0. The number of carbonyl (C=O) groups is 1. The van der Waals surface area contributed by atoms with E-state index in [0.29, 0.717) is 5.78 Å². The molecule has 1 aromatic heterocycles. The Bertz CT molecular complexity index is 603. The summed E-state index contributed by atoms with van der Waals surface area (Å²) in [6.07, 6.45) is 4.58. The molecule has 0 aliphatic heterocycles. The van der Waals surface area contributed by atoms with E-state index in [9.17, 15) is 4.79 Å². The molecule has 20 heavy (non-hydrogen) atoms. The molecule has 1 heterocycles. The normalized spacial score (nSPS) is 23.4. The summed E-state index contributed by atoms with van der Waals surface area (Å²) in [5.41, 5.74) is 0.950. The van der Waals surface area contributed by atoms with Crippen molar-refractivity contribution in [1.29, 1.82) is 0 Å². The summed E-state index contributed by atoms with van der Waals surface area (Å²) < 4.78 is 1.17.